The lowest BCUT2D eigenvalue weighted by Gasteiger charge is -2.31. The zero-order valence-electron chi connectivity index (χ0n) is 24.5. The van der Waals surface area contributed by atoms with Gasteiger partial charge in [-0.2, -0.15) is 0 Å². The van der Waals surface area contributed by atoms with Crippen LogP contribution in [0, 0.1) is 23.7 Å². The molecule has 0 aromatic heterocycles. The number of carbonyl (C=O) groups is 1. The van der Waals surface area contributed by atoms with Crippen molar-refractivity contribution in [1.29, 1.82) is 0 Å². The number of aliphatic hydroxyl groups is 4. The summed E-state index contributed by atoms with van der Waals surface area (Å²) in [5.74, 6) is -1.22. The van der Waals surface area contributed by atoms with E-state index in [0.717, 1.165) is 18.4 Å². The minimum Gasteiger partial charge on any atom is -0.458 e. The number of hydrogen-bond acceptors (Lipinski definition) is 6. The summed E-state index contributed by atoms with van der Waals surface area (Å²) in [5.41, 5.74) is 1.37. The Bertz CT molecular complexity index is 852. The number of aliphatic hydroxyl groups excluding tert-OH is 4. The van der Waals surface area contributed by atoms with E-state index in [1.807, 2.05) is 57.2 Å². The summed E-state index contributed by atoms with van der Waals surface area (Å²) in [6.07, 6.45) is 15.7. The Kier molecular flexibility index (Phi) is 15.7. The fraction of sp³-hybridized carbons (Fsp3) is 0.656. The van der Waals surface area contributed by atoms with Gasteiger partial charge in [-0.05, 0) is 58.4 Å². The van der Waals surface area contributed by atoms with Crippen molar-refractivity contribution in [2.45, 2.75) is 111 Å². The van der Waals surface area contributed by atoms with Crippen molar-refractivity contribution in [3.8, 4) is 0 Å². The van der Waals surface area contributed by atoms with E-state index in [2.05, 4.69) is 6.08 Å². The molecule has 0 aromatic carbocycles. The average molecular weight is 533 g/mol. The number of carbonyl (C=O) groups excluding carboxylic acids is 1. The Morgan fingerprint density at radius 3 is 2.24 bits per heavy atom. The molecule has 0 aromatic rings. The summed E-state index contributed by atoms with van der Waals surface area (Å²) in [6.45, 7) is 12.8. The van der Waals surface area contributed by atoms with Gasteiger partial charge < -0.3 is 25.2 Å². The van der Waals surface area contributed by atoms with Gasteiger partial charge in [0.05, 0.1) is 24.4 Å². The smallest absolute Gasteiger partial charge is 0.334 e. The van der Waals surface area contributed by atoms with Crippen molar-refractivity contribution in [2.75, 3.05) is 0 Å². The second-order valence-electron chi connectivity index (χ2n) is 11.2. The first-order valence-corrected chi connectivity index (χ1v) is 14.1. The van der Waals surface area contributed by atoms with Crippen LogP contribution < -0.4 is 0 Å². The number of allylic oxidation sites excluding steroid dienone is 6. The molecule has 6 nitrogen and oxygen atoms in total. The Labute approximate surface area is 230 Å². The fourth-order valence-electron chi connectivity index (χ4n) is 4.53. The van der Waals surface area contributed by atoms with Crippen molar-refractivity contribution >= 4 is 5.97 Å². The molecule has 0 fully saturated rings. The number of ether oxygens (including phenoxy) is 1. The van der Waals surface area contributed by atoms with Crippen LogP contribution in [-0.2, 0) is 9.53 Å². The van der Waals surface area contributed by atoms with Gasteiger partial charge in [0.2, 0.25) is 0 Å². The Balaban J connectivity index is 3.01. The number of esters is 1. The number of hydrogen-bond donors (Lipinski definition) is 4. The third kappa shape index (κ3) is 12.2. The van der Waals surface area contributed by atoms with Gasteiger partial charge in [-0.25, -0.2) is 4.79 Å². The van der Waals surface area contributed by atoms with Crippen molar-refractivity contribution in [2.24, 2.45) is 23.7 Å². The van der Waals surface area contributed by atoms with E-state index in [1.165, 1.54) is 0 Å². The first-order chi connectivity index (χ1) is 17.8. The predicted molar refractivity (Wildman–Crippen MR) is 154 cm³/mol. The maximum Gasteiger partial charge on any atom is 0.334 e. The lowest BCUT2D eigenvalue weighted by molar-refractivity contribution is -0.146. The molecule has 0 bridgehead atoms. The SMILES string of the molecule is CC1=C\[C@@H](C)[C@@H](O)/C=C/CC/C=C/C=C/C[C@@H]([C@@H](C)CC[C@@H](O)[C@@H](C)[C@@H](O)[C@@H](C)[C@H](C)O)OC(=O)\C(C)=C\1. The Hall–Kier alpha value is -1.99. The maximum absolute atomic E-state index is 13.0. The van der Waals surface area contributed by atoms with Crippen LogP contribution in [0.4, 0.5) is 0 Å². The molecule has 1 aliphatic heterocycles. The molecule has 1 rings (SSSR count). The molecule has 1 aliphatic rings. The molecule has 1 heterocycles. The molecule has 0 saturated carbocycles. The highest BCUT2D eigenvalue weighted by atomic mass is 16.5. The van der Waals surface area contributed by atoms with Crippen LogP contribution in [0.25, 0.3) is 0 Å². The number of cyclic esters (lactones) is 1. The molecule has 216 valence electrons. The fourth-order valence-corrected chi connectivity index (χ4v) is 4.53. The molecule has 0 amide bonds. The van der Waals surface area contributed by atoms with E-state index in [9.17, 15) is 25.2 Å². The molecule has 6 heteroatoms. The molecule has 4 N–H and O–H groups in total. The standard InChI is InChI=1S/C32H52O6/c1-21-19-23(3)28(34)15-13-11-9-8-10-12-14-16-30(38-32(37)24(4)20-21)22(2)17-18-29(35)26(6)31(36)25(5)27(7)33/h8,10,12-15,19-20,22-23,25-31,33-36H,9,11,16-18H2,1-7H3/b10-8+,14-12+,15-13+,21-19+,24-20+/t22-,23+,25-,26+,27-,28-,29+,30-,31-/m0/s1. The summed E-state index contributed by atoms with van der Waals surface area (Å²) in [4.78, 5) is 13.0. The highest BCUT2D eigenvalue weighted by molar-refractivity contribution is 5.88. The van der Waals surface area contributed by atoms with Crippen LogP contribution in [0.2, 0.25) is 0 Å². The highest BCUT2D eigenvalue weighted by Crippen LogP contribution is 2.26. The topological polar surface area (TPSA) is 107 Å². The van der Waals surface area contributed by atoms with E-state index >= 15 is 0 Å². The lowest BCUT2D eigenvalue weighted by Crippen LogP contribution is -2.38. The molecular weight excluding hydrogens is 480 g/mol. The van der Waals surface area contributed by atoms with Crippen LogP contribution in [0.15, 0.2) is 59.8 Å². The highest BCUT2D eigenvalue weighted by Gasteiger charge is 2.30. The molecule has 0 saturated heterocycles. The second-order valence-corrected chi connectivity index (χ2v) is 11.2. The predicted octanol–water partition coefficient (Wildman–Crippen LogP) is 5.43. The van der Waals surface area contributed by atoms with Gasteiger partial charge in [0, 0.05) is 29.7 Å². The minimum atomic E-state index is -0.813. The largest absolute Gasteiger partial charge is 0.458 e. The van der Waals surface area contributed by atoms with Crippen LogP contribution in [0.1, 0.15) is 80.6 Å². The summed E-state index contributed by atoms with van der Waals surface area (Å²) in [6, 6.07) is 0. The summed E-state index contributed by atoms with van der Waals surface area (Å²) in [7, 11) is 0. The molecule has 9 atom stereocenters. The summed E-state index contributed by atoms with van der Waals surface area (Å²) in [5, 5.41) is 41.4. The second kappa shape index (κ2) is 17.6. The van der Waals surface area contributed by atoms with E-state index in [4.69, 9.17) is 4.74 Å². The minimum absolute atomic E-state index is 0.0175. The molecule has 0 radical (unpaired) electrons. The molecule has 0 spiro atoms. The lowest BCUT2D eigenvalue weighted by atomic mass is 9.84. The van der Waals surface area contributed by atoms with E-state index in [0.29, 0.717) is 24.8 Å². The van der Waals surface area contributed by atoms with Gasteiger partial charge in [0.1, 0.15) is 6.10 Å². The van der Waals surface area contributed by atoms with Gasteiger partial charge in [-0.1, -0.05) is 75.8 Å². The number of rotatable bonds is 8. The monoisotopic (exact) mass is 532 g/mol. The molecular formula is C32H52O6. The van der Waals surface area contributed by atoms with Crippen molar-refractivity contribution in [3.63, 3.8) is 0 Å². The molecule has 38 heavy (non-hydrogen) atoms. The first kappa shape index (κ1) is 34.0. The van der Waals surface area contributed by atoms with Crippen molar-refractivity contribution in [1.82, 2.24) is 0 Å². The zero-order valence-corrected chi connectivity index (χ0v) is 24.5. The Morgan fingerprint density at radius 1 is 0.947 bits per heavy atom. The van der Waals surface area contributed by atoms with E-state index < -0.39 is 24.4 Å². The third-order valence-electron chi connectivity index (χ3n) is 7.67. The average Bonchev–Trinajstić information content (AvgIpc) is 2.87. The van der Waals surface area contributed by atoms with Crippen molar-refractivity contribution in [3.05, 3.63) is 59.8 Å². The van der Waals surface area contributed by atoms with Gasteiger partial charge in [-0.15, -0.1) is 0 Å². The summed E-state index contributed by atoms with van der Waals surface area (Å²) >= 11 is 0. The van der Waals surface area contributed by atoms with E-state index in [-0.39, 0.29) is 35.7 Å². The van der Waals surface area contributed by atoms with Gasteiger partial charge in [0.25, 0.3) is 0 Å². The van der Waals surface area contributed by atoms with Gasteiger partial charge >= 0.3 is 5.97 Å². The van der Waals surface area contributed by atoms with E-state index in [1.54, 1.807) is 33.8 Å². The Morgan fingerprint density at radius 2 is 1.58 bits per heavy atom. The normalized spacial score (nSPS) is 32.4. The van der Waals surface area contributed by atoms with Crippen LogP contribution in [0.5, 0.6) is 0 Å². The van der Waals surface area contributed by atoms with Gasteiger partial charge in [0.15, 0.2) is 0 Å². The van der Waals surface area contributed by atoms with Crippen LogP contribution in [-0.4, -0.2) is 56.9 Å². The maximum atomic E-state index is 13.0. The summed E-state index contributed by atoms with van der Waals surface area (Å²) < 4.78 is 5.94. The van der Waals surface area contributed by atoms with Crippen LogP contribution in [0.3, 0.4) is 0 Å². The first-order valence-electron chi connectivity index (χ1n) is 14.1. The zero-order chi connectivity index (χ0) is 28.8. The van der Waals surface area contributed by atoms with Crippen LogP contribution >= 0.6 is 0 Å². The quantitative estimate of drug-likeness (QED) is 0.245. The molecule has 0 unspecified atom stereocenters. The third-order valence-corrected chi connectivity index (χ3v) is 7.67. The van der Waals surface area contributed by atoms with Crippen molar-refractivity contribution < 1.29 is 30.0 Å². The van der Waals surface area contributed by atoms with Gasteiger partial charge in [-0.3, -0.25) is 0 Å². The molecule has 0 aliphatic carbocycles.